The van der Waals surface area contributed by atoms with E-state index in [1.165, 1.54) is 11.8 Å². The van der Waals surface area contributed by atoms with Gasteiger partial charge in [0.05, 0.1) is 11.8 Å². The number of carbonyl (C=O) groups is 1. The van der Waals surface area contributed by atoms with E-state index in [1.807, 2.05) is 60.5 Å². The molecule has 7 heteroatoms. The molecule has 2 aromatic heterocycles. The van der Waals surface area contributed by atoms with Crippen LogP contribution < -0.4 is 0 Å². The third kappa shape index (κ3) is 4.68. The van der Waals surface area contributed by atoms with Crippen LogP contribution in [0.5, 0.6) is 0 Å². The predicted molar refractivity (Wildman–Crippen MR) is 130 cm³/mol. The van der Waals surface area contributed by atoms with Crippen molar-refractivity contribution in [3.8, 4) is 11.4 Å². The highest BCUT2D eigenvalue weighted by Gasteiger charge is 2.31. The molecule has 1 amide bonds. The van der Waals surface area contributed by atoms with Gasteiger partial charge >= 0.3 is 0 Å². The summed E-state index contributed by atoms with van der Waals surface area (Å²) in [4.78, 5) is 19.4. The zero-order chi connectivity index (χ0) is 22.6. The lowest BCUT2D eigenvalue weighted by molar-refractivity contribution is -0.128. The van der Waals surface area contributed by atoms with Crippen LogP contribution in [-0.2, 0) is 4.79 Å². The predicted octanol–water partition coefficient (Wildman–Crippen LogP) is 5.02. The fourth-order valence-corrected chi connectivity index (χ4v) is 4.94. The first kappa shape index (κ1) is 21.4. The van der Waals surface area contributed by atoms with Gasteiger partial charge in [0.1, 0.15) is 0 Å². The van der Waals surface area contributed by atoms with Crippen molar-refractivity contribution in [2.75, 3.05) is 12.8 Å². The lowest BCUT2D eigenvalue weighted by Crippen LogP contribution is -2.33. The van der Waals surface area contributed by atoms with Crippen molar-refractivity contribution in [2.24, 2.45) is 0 Å². The van der Waals surface area contributed by atoms with Gasteiger partial charge in [0.2, 0.25) is 5.91 Å². The molecule has 2 heterocycles. The number of rotatable bonds is 8. The first-order chi connectivity index (χ1) is 16.2. The first-order valence-electron chi connectivity index (χ1n) is 11.1. The molecule has 0 N–H and O–H groups in total. The van der Waals surface area contributed by atoms with Crippen LogP contribution in [0.25, 0.3) is 11.4 Å². The fraction of sp³-hybridized carbons (Fsp3) is 0.231. The summed E-state index contributed by atoms with van der Waals surface area (Å²) in [7, 11) is 1.88. The molecule has 166 valence electrons. The van der Waals surface area contributed by atoms with E-state index in [1.54, 1.807) is 12.4 Å². The van der Waals surface area contributed by atoms with Crippen LogP contribution in [-0.4, -0.2) is 43.4 Å². The smallest absolute Gasteiger partial charge is 0.233 e. The Bertz CT molecular complexity index is 1170. The highest BCUT2D eigenvalue weighted by atomic mass is 32.2. The summed E-state index contributed by atoms with van der Waals surface area (Å²) in [5.74, 6) is 1.16. The highest BCUT2D eigenvalue weighted by molar-refractivity contribution is 7.99. The van der Waals surface area contributed by atoms with Crippen LogP contribution in [0.2, 0.25) is 0 Å². The number of hydrogen-bond donors (Lipinski definition) is 0. The Kier molecular flexibility index (Phi) is 6.21. The van der Waals surface area contributed by atoms with Crippen molar-refractivity contribution in [2.45, 2.75) is 30.1 Å². The average Bonchev–Trinajstić information content (AvgIpc) is 3.63. The minimum atomic E-state index is -0.146. The van der Waals surface area contributed by atoms with Gasteiger partial charge in [-0.2, -0.15) is 0 Å². The maximum Gasteiger partial charge on any atom is 0.233 e. The summed E-state index contributed by atoms with van der Waals surface area (Å²) in [5, 5.41) is 9.64. The van der Waals surface area contributed by atoms with Gasteiger partial charge < -0.3 is 4.90 Å². The minimum Gasteiger partial charge on any atom is -0.334 e. The molecule has 1 aliphatic carbocycles. The molecule has 0 unspecified atom stereocenters. The van der Waals surface area contributed by atoms with Crippen molar-refractivity contribution in [3.05, 3.63) is 96.3 Å². The van der Waals surface area contributed by atoms with Crippen LogP contribution in [0.4, 0.5) is 0 Å². The second-order valence-electron chi connectivity index (χ2n) is 8.17. The summed E-state index contributed by atoms with van der Waals surface area (Å²) in [6.45, 7) is 0. The van der Waals surface area contributed by atoms with Gasteiger partial charge in [0, 0.05) is 31.0 Å². The Morgan fingerprint density at radius 3 is 2.24 bits per heavy atom. The number of benzene rings is 2. The molecular weight excluding hydrogens is 430 g/mol. The molecule has 0 bridgehead atoms. The molecule has 1 fully saturated rings. The van der Waals surface area contributed by atoms with E-state index in [0.717, 1.165) is 40.5 Å². The zero-order valence-electron chi connectivity index (χ0n) is 18.4. The molecule has 1 saturated carbocycles. The number of pyridine rings is 1. The number of aromatic nitrogens is 4. The van der Waals surface area contributed by atoms with Crippen molar-refractivity contribution >= 4 is 17.7 Å². The first-order valence-corrected chi connectivity index (χ1v) is 12.0. The lowest BCUT2D eigenvalue weighted by atomic mass is 9.97. The molecule has 0 saturated heterocycles. The third-order valence-electron chi connectivity index (χ3n) is 5.83. The van der Waals surface area contributed by atoms with Gasteiger partial charge in [0.25, 0.3) is 0 Å². The highest BCUT2D eigenvalue weighted by Crippen LogP contribution is 2.41. The van der Waals surface area contributed by atoms with E-state index in [2.05, 4.69) is 44.0 Å². The molecule has 6 nitrogen and oxygen atoms in total. The fourth-order valence-electron chi connectivity index (χ4n) is 4.01. The normalized spacial score (nSPS) is 13.3. The summed E-state index contributed by atoms with van der Waals surface area (Å²) in [5.41, 5.74) is 3.12. The van der Waals surface area contributed by atoms with E-state index in [9.17, 15) is 4.79 Å². The maximum absolute atomic E-state index is 13.3. The topological polar surface area (TPSA) is 63.9 Å². The standard InChI is InChI=1S/C26H25N5OS/c1-30(24(19-9-4-2-5-10-19)20-11-6-3-7-12-20)23(32)18-33-26-29-28-25(31(26)22-14-15-22)21-13-8-16-27-17-21/h2-13,16-17,22,24H,14-15,18H2,1H3. The summed E-state index contributed by atoms with van der Waals surface area (Å²) in [6.07, 6.45) is 5.77. The van der Waals surface area contributed by atoms with Crippen LogP contribution in [0.1, 0.15) is 36.1 Å². The molecule has 0 atom stereocenters. The quantitative estimate of drug-likeness (QED) is 0.349. The van der Waals surface area contributed by atoms with Crippen LogP contribution in [0.3, 0.4) is 0 Å². The molecule has 0 spiro atoms. The number of thioether (sulfide) groups is 1. The number of amides is 1. The summed E-state index contributed by atoms with van der Waals surface area (Å²) in [6, 6.07) is 24.4. The summed E-state index contributed by atoms with van der Waals surface area (Å²) >= 11 is 1.45. The van der Waals surface area contributed by atoms with Gasteiger partial charge in [0.15, 0.2) is 11.0 Å². The van der Waals surface area contributed by atoms with Crippen molar-refractivity contribution in [1.82, 2.24) is 24.6 Å². The van der Waals surface area contributed by atoms with Crippen LogP contribution in [0.15, 0.2) is 90.3 Å². The second-order valence-corrected chi connectivity index (χ2v) is 9.11. The SMILES string of the molecule is CN(C(=O)CSc1nnc(-c2cccnc2)n1C1CC1)C(c1ccccc1)c1ccccc1. The molecule has 1 aliphatic rings. The lowest BCUT2D eigenvalue weighted by Gasteiger charge is -2.29. The third-order valence-corrected chi connectivity index (χ3v) is 6.76. The maximum atomic E-state index is 13.3. The monoisotopic (exact) mass is 455 g/mol. The Balaban J connectivity index is 1.36. The van der Waals surface area contributed by atoms with E-state index in [-0.39, 0.29) is 11.9 Å². The zero-order valence-corrected chi connectivity index (χ0v) is 19.2. The van der Waals surface area contributed by atoms with Gasteiger partial charge in [-0.05, 0) is 36.1 Å². The van der Waals surface area contributed by atoms with Crippen molar-refractivity contribution in [1.29, 1.82) is 0 Å². The largest absolute Gasteiger partial charge is 0.334 e. The molecule has 5 rings (SSSR count). The van der Waals surface area contributed by atoms with Gasteiger partial charge in [-0.25, -0.2) is 0 Å². The molecule has 4 aromatic rings. The summed E-state index contributed by atoms with van der Waals surface area (Å²) < 4.78 is 2.17. The van der Waals surface area contributed by atoms with E-state index in [4.69, 9.17) is 0 Å². The molecular formula is C26H25N5OS. The number of nitrogens with zero attached hydrogens (tertiary/aromatic N) is 5. The van der Waals surface area contributed by atoms with Crippen LogP contribution >= 0.6 is 11.8 Å². The van der Waals surface area contributed by atoms with Crippen LogP contribution in [0, 0.1) is 0 Å². The molecule has 33 heavy (non-hydrogen) atoms. The Morgan fingerprint density at radius 1 is 1.00 bits per heavy atom. The van der Waals surface area contributed by atoms with Crippen molar-refractivity contribution < 1.29 is 4.79 Å². The Morgan fingerprint density at radius 2 is 1.67 bits per heavy atom. The van der Waals surface area contributed by atoms with Gasteiger partial charge in [-0.3, -0.25) is 14.3 Å². The van der Waals surface area contributed by atoms with E-state index >= 15 is 0 Å². The van der Waals surface area contributed by atoms with E-state index in [0.29, 0.717) is 11.8 Å². The Hall–Kier alpha value is -3.45. The van der Waals surface area contributed by atoms with Gasteiger partial charge in [-0.1, -0.05) is 72.4 Å². The molecule has 2 aromatic carbocycles. The van der Waals surface area contributed by atoms with Crippen molar-refractivity contribution in [3.63, 3.8) is 0 Å². The van der Waals surface area contributed by atoms with E-state index < -0.39 is 0 Å². The molecule has 0 radical (unpaired) electrons. The molecule has 0 aliphatic heterocycles. The number of hydrogen-bond acceptors (Lipinski definition) is 5. The average molecular weight is 456 g/mol. The number of carbonyl (C=O) groups excluding carboxylic acids is 1. The van der Waals surface area contributed by atoms with Gasteiger partial charge in [-0.15, -0.1) is 10.2 Å². The Labute approximate surface area is 197 Å². The minimum absolute atomic E-state index is 0.0472. The second kappa shape index (κ2) is 9.58.